The van der Waals surface area contributed by atoms with Crippen LogP contribution in [0.1, 0.15) is 18.5 Å². The lowest BCUT2D eigenvalue weighted by atomic mass is 10.00. The Bertz CT molecular complexity index is 420. The smallest absolute Gasteiger partial charge is 0.0944 e. The molecule has 1 aromatic rings. The molecule has 3 atom stereocenters. The highest BCUT2D eigenvalue weighted by molar-refractivity contribution is 5.55. The van der Waals surface area contributed by atoms with Gasteiger partial charge in [0.2, 0.25) is 0 Å². The van der Waals surface area contributed by atoms with Crippen molar-refractivity contribution in [2.24, 2.45) is 0 Å². The maximum absolute atomic E-state index is 3.68. The van der Waals surface area contributed by atoms with Crippen LogP contribution in [-0.4, -0.2) is 43.8 Å². The van der Waals surface area contributed by atoms with E-state index < -0.39 is 0 Å². The van der Waals surface area contributed by atoms with Crippen molar-refractivity contribution in [2.75, 3.05) is 32.0 Å². The van der Waals surface area contributed by atoms with Crippen LogP contribution in [0.25, 0.3) is 0 Å². The van der Waals surface area contributed by atoms with Gasteiger partial charge in [0.05, 0.1) is 12.2 Å². The molecular weight excluding hydrogens is 224 g/mol. The van der Waals surface area contributed by atoms with Crippen LogP contribution in [-0.2, 0) is 0 Å². The summed E-state index contributed by atoms with van der Waals surface area (Å²) in [6.07, 6.45) is 0.313. The highest BCUT2D eigenvalue weighted by atomic mass is 15.3. The van der Waals surface area contributed by atoms with E-state index in [1.165, 1.54) is 11.3 Å². The lowest BCUT2D eigenvalue weighted by molar-refractivity contribution is 0.160. The Morgan fingerprint density at radius 2 is 2.11 bits per heavy atom. The van der Waals surface area contributed by atoms with Crippen molar-refractivity contribution in [3.05, 3.63) is 29.8 Å². The first kappa shape index (κ1) is 12.0. The molecule has 2 heterocycles. The number of fused-ring (bicyclic) bond motifs is 1. The molecule has 0 saturated carbocycles. The number of para-hydroxylation sites is 1. The molecule has 0 aliphatic carbocycles. The number of hydrogen-bond acceptors (Lipinski definition) is 4. The molecule has 0 amide bonds. The topological polar surface area (TPSA) is 39.3 Å². The van der Waals surface area contributed by atoms with E-state index in [0.717, 1.165) is 19.6 Å². The lowest BCUT2D eigenvalue weighted by Gasteiger charge is -2.43. The number of nitrogens with zero attached hydrogens (tertiary/aromatic N) is 1. The molecule has 2 aliphatic heterocycles. The maximum Gasteiger partial charge on any atom is 0.0944 e. The predicted octanol–water partition coefficient (Wildman–Crippen LogP) is 0.992. The fraction of sp³-hybridized carbons (Fsp3) is 0.571. The van der Waals surface area contributed by atoms with Gasteiger partial charge in [0.25, 0.3) is 0 Å². The second kappa shape index (κ2) is 4.88. The van der Waals surface area contributed by atoms with E-state index >= 15 is 0 Å². The van der Waals surface area contributed by atoms with Crippen LogP contribution < -0.4 is 16.0 Å². The lowest BCUT2D eigenvalue weighted by Crippen LogP contribution is -2.62. The van der Waals surface area contributed by atoms with Crippen LogP contribution >= 0.6 is 0 Å². The summed E-state index contributed by atoms with van der Waals surface area (Å²) in [4.78, 5) is 2.43. The van der Waals surface area contributed by atoms with Crippen molar-refractivity contribution in [2.45, 2.75) is 25.2 Å². The molecule has 0 aromatic heterocycles. The van der Waals surface area contributed by atoms with E-state index in [1.54, 1.807) is 0 Å². The van der Waals surface area contributed by atoms with Gasteiger partial charge in [-0.1, -0.05) is 18.2 Å². The molecule has 3 unspecified atom stereocenters. The summed E-state index contributed by atoms with van der Waals surface area (Å²) in [5, 5.41) is 10.8. The number of benzene rings is 1. The summed E-state index contributed by atoms with van der Waals surface area (Å²) < 4.78 is 0. The molecule has 18 heavy (non-hydrogen) atoms. The second-order valence-electron chi connectivity index (χ2n) is 5.35. The minimum Gasteiger partial charge on any atom is -0.368 e. The Balaban J connectivity index is 1.80. The van der Waals surface area contributed by atoms with Gasteiger partial charge >= 0.3 is 0 Å². The largest absolute Gasteiger partial charge is 0.368 e. The van der Waals surface area contributed by atoms with Crippen LogP contribution in [0.4, 0.5) is 5.69 Å². The standard InChI is InChI=1S/C14H22N4/c1-10-11-5-3-4-6-12(11)17-14(16-10)13-9-15-7-8-18(13)2/h3-6,10,13-17H,7-9H2,1-2H3. The van der Waals surface area contributed by atoms with E-state index in [2.05, 4.69) is 59.1 Å². The molecule has 4 nitrogen and oxygen atoms in total. The molecule has 0 spiro atoms. The summed E-state index contributed by atoms with van der Waals surface area (Å²) >= 11 is 0. The Morgan fingerprint density at radius 1 is 1.28 bits per heavy atom. The van der Waals surface area contributed by atoms with Crippen molar-refractivity contribution in [3.63, 3.8) is 0 Å². The van der Waals surface area contributed by atoms with Crippen molar-refractivity contribution in [3.8, 4) is 0 Å². The third-order valence-corrected chi connectivity index (χ3v) is 4.11. The summed E-state index contributed by atoms with van der Waals surface area (Å²) in [6.45, 7) is 5.48. The third-order valence-electron chi connectivity index (χ3n) is 4.11. The molecule has 2 aliphatic rings. The van der Waals surface area contributed by atoms with E-state index in [1.807, 2.05) is 0 Å². The fourth-order valence-corrected chi connectivity index (χ4v) is 2.98. The van der Waals surface area contributed by atoms with Gasteiger partial charge in [0, 0.05) is 31.4 Å². The molecule has 1 aromatic carbocycles. The molecule has 4 heteroatoms. The van der Waals surface area contributed by atoms with Crippen molar-refractivity contribution < 1.29 is 0 Å². The molecule has 3 rings (SSSR count). The molecule has 1 saturated heterocycles. The molecule has 98 valence electrons. The first-order valence-corrected chi connectivity index (χ1v) is 6.78. The van der Waals surface area contributed by atoms with E-state index in [-0.39, 0.29) is 0 Å². The van der Waals surface area contributed by atoms with Gasteiger partial charge in [-0.3, -0.25) is 10.2 Å². The molecule has 0 radical (unpaired) electrons. The average Bonchev–Trinajstić information content (AvgIpc) is 2.39. The highest BCUT2D eigenvalue weighted by Crippen LogP contribution is 2.28. The summed E-state index contributed by atoms with van der Waals surface area (Å²) in [5.74, 6) is 0. The Kier molecular flexibility index (Phi) is 3.24. The second-order valence-corrected chi connectivity index (χ2v) is 5.35. The number of rotatable bonds is 1. The third kappa shape index (κ3) is 2.11. The van der Waals surface area contributed by atoms with Gasteiger partial charge in [-0.15, -0.1) is 0 Å². The molecular formula is C14H22N4. The number of piperazine rings is 1. The zero-order chi connectivity index (χ0) is 12.5. The highest BCUT2D eigenvalue weighted by Gasteiger charge is 2.32. The van der Waals surface area contributed by atoms with Crippen LogP contribution in [0.3, 0.4) is 0 Å². The first-order valence-electron chi connectivity index (χ1n) is 6.78. The minimum atomic E-state index is 0.313. The maximum atomic E-state index is 3.68. The summed E-state index contributed by atoms with van der Waals surface area (Å²) in [6, 6.07) is 9.48. The van der Waals surface area contributed by atoms with Crippen LogP contribution in [0.5, 0.6) is 0 Å². The first-order chi connectivity index (χ1) is 8.75. The molecule has 3 N–H and O–H groups in total. The number of anilines is 1. The summed E-state index contributed by atoms with van der Waals surface area (Å²) in [7, 11) is 2.21. The minimum absolute atomic E-state index is 0.313. The van der Waals surface area contributed by atoms with Gasteiger partial charge in [-0.05, 0) is 25.6 Å². The van der Waals surface area contributed by atoms with Crippen molar-refractivity contribution in [1.29, 1.82) is 0 Å². The SMILES string of the molecule is CC1NC(C2CNCCN2C)Nc2ccccc21. The average molecular weight is 246 g/mol. The van der Waals surface area contributed by atoms with Crippen molar-refractivity contribution >= 4 is 5.69 Å². The Morgan fingerprint density at radius 3 is 2.94 bits per heavy atom. The zero-order valence-electron chi connectivity index (χ0n) is 11.1. The molecule has 1 fully saturated rings. The number of likely N-dealkylation sites (N-methyl/N-ethyl adjacent to an activating group) is 1. The van der Waals surface area contributed by atoms with Gasteiger partial charge in [0.1, 0.15) is 0 Å². The zero-order valence-corrected chi connectivity index (χ0v) is 11.1. The normalized spacial score (nSPS) is 32.7. The monoisotopic (exact) mass is 246 g/mol. The van der Waals surface area contributed by atoms with E-state index in [9.17, 15) is 0 Å². The number of nitrogens with one attached hydrogen (secondary N) is 3. The van der Waals surface area contributed by atoms with Crippen LogP contribution in [0, 0.1) is 0 Å². The van der Waals surface area contributed by atoms with Gasteiger partial charge in [0.15, 0.2) is 0 Å². The van der Waals surface area contributed by atoms with Crippen LogP contribution in [0.2, 0.25) is 0 Å². The van der Waals surface area contributed by atoms with Crippen LogP contribution in [0.15, 0.2) is 24.3 Å². The van der Waals surface area contributed by atoms with Gasteiger partial charge < -0.3 is 10.6 Å². The number of hydrogen-bond donors (Lipinski definition) is 3. The molecule has 0 bridgehead atoms. The quantitative estimate of drug-likeness (QED) is 0.691. The summed E-state index contributed by atoms with van der Waals surface area (Å²) in [5.41, 5.74) is 2.63. The predicted molar refractivity (Wildman–Crippen MR) is 74.7 cm³/mol. The van der Waals surface area contributed by atoms with Crippen molar-refractivity contribution in [1.82, 2.24) is 15.5 Å². The van der Waals surface area contributed by atoms with Gasteiger partial charge in [-0.2, -0.15) is 0 Å². The van der Waals surface area contributed by atoms with Gasteiger partial charge in [-0.25, -0.2) is 0 Å². The Hall–Kier alpha value is -1.10. The van der Waals surface area contributed by atoms with E-state index in [4.69, 9.17) is 0 Å². The fourth-order valence-electron chi connectivity index (χ4n) is 2.98. The Labute approximate surface area is 109 Å². The van der Waals surface area contributed by atoms with E-state index in [0.29, 0.717) is 18.2 Å².